The largest absolute Gasteiger partial charge is 0.372 e. The minimum atomic E-state index is -0.532. The highest BCUT2D eigenvalue weighted by molar-refractivity contribution is 6.06. The van der Waals surface area contributed by atoms with Crippen molar-refractivity contribution < 1.29 is 9.53 Å². The van der Waals surface area contributed by atoms with E-state index in [1.165, 1.54) is 32.3 Å². The third kappa shape index (κ3) is 4.78. The van der Waals surface area contributed by atoms with Gasteiger partial charge in [0.25, 0.3) is 5.91 Å². The molecule has 4 fully saturated rings. The van der Waals surface area contributed by atoms with Crippen molar-refractivity contribution >= 4 is 22.8 Å². The molecule has 9 heteroatoms. The molecule has 2 bridgehead atoms. The molecule has 1 unspecified atom stereocenters. The third-order valence-electron chi connectivity index (χ3n) is 7.80. The molecule has 2 aromatic heterocycles. The lowest BCUT2D eigenvalue weighted by Crippen LogP contribution is -2.51. The van der Waals surface area contributed by atoms with Crippen LogP contribution in [-0.4, -0.2) is 70.6 Å². The number of pyridine rings is 1. The number of piperidine rings is 4. The van der Waals surface area contributed by atoms with Crippen molar-refractivity contribution in [1.82, 2.24) is 25.2 Å². The van der Waals surface area contributed by atoms with Crippen LogP contribution in [0.3, 0.4) is 0 Å². The molecule has 1 amide bonds. The van der Waals surface area contributed by atoms with Crippen LogP contribution in [0.2, 0.25) is 0 Å². The summed E-state index contributed by atoms with van der Waals surface area (Å²) < 4.78 is 6.30. The molecule has 0 spiro atoms. The number of primary amides is 1. The number of hydrogen-bond donors (Lipinski definition) is 3. The second-order valence-corrected chi connectivity index (χ2v) is 10.2. The van der Waals surface area contributed by atoms with Gasteiger partial charge in [0.15, 0.2) is 5.82 Å². The molecular formula is C27H33N7O2. The summed E-state index contributed by atoms with van der Waals surface area (Å²) >= 11 is 0. The van der Waals surface area contributed by atoms with Crippen LogP contribution in [0.15, 0.2) is 36.7 Å². The van der Waals surface area contributed by atoms with Gasteiger partial charge in [-0.15, -0.1) is 0 Å². The van der Waals surface area contributed by atoms with Crippen LogP contribution >= 0.6 is 0 Å². The number of nitrogens with zero attached hydrogens (tertiary/aromatic N) is 4. The predicted octanol–water partition coefficient (Wildman–Crippen LogP) is 2.57. The SMILES string of the molecule is NC(=O)c1cc(-c2ccc(COC3CN4CCC3CC4)cc2)nc2c(N[C@H]3CCCNC3)ncnc12. The van der Waals surface area contributed by atoms with Gasteiger partial charge in [-0.25, -0.2) is 15.0 Å². The maximum Gasteiger partial charge on any atom is 0.251 e. The van der Waals surface area contributed by atoms with E-state index in [-0.39, 0.29) is 6.04 Å². The van der Waals surface area contributed by atoms with Gasteiger partial charge in [0.2, 0.25) is 0 Å². The fourth-order valence-electron chi connectivity index (χ4n) is 5.72. The van der Waals surface area contributed by atoms with Crippen molar-refractivity contribution in [3.8, 4) is 11.3 Å². The van der Waals surface area contributed by atoms with Crippen molar-refractivity contribution in [3.05, 3.63) is 47.8 Å². The summed E-state index contributed by atoms with van der Waals surface area (Å²) in [5.74, 6) is 0.786. The number of nitrogens with one attached hydrogen (secondary N) is 2. The number of anilines is 1. The molecule has 4 aliphatic heterocycles. The highest BCUT2D eigenvalue weighted by Crippen LogP contribution is 2.31. The van der Waals surface area contributed by atoms with E-state index >= 15 is 0 Å². The summed E-state index contributed by atoms with van der Waals surface area (Å²) in [4.78, 5) is 28.5. The lowest BCUT2D eigenvalue weighted by atomic mass is 9.86. The number of aromatic nitrogens is 3. The first-order chi connectivity index (χ1) is 17.6. The van der Waals surface area contributed by atoms with Crippen LogP contribution in [0.25, 0.3) is 22.3 Å². The average molecular weight is 488 g/mol. The molecule has 36 heavy (non-hydrogen) atoms. The first-order valence-corrected chi connectivity index (χ1v) is 13.0. The molecule has 2 atom stereocenters. The molecule has 7 rings (SSSR count). The Morgan fingerprint density at radius 2 is 1.97 bits per heavy atom. The number of hydrogen-bond acceptors (Lipinski definition) is 8. The predicted molar refractivity (Wildman–Crippen MR) is 139 cm³/mol. The average Bonchev–Trinajstić information content (AvgIpc) is 2.93. The van der Waals surface area contributed by atoms with Gasteiger partial charge in [-0.05, 0) is 62.9 Å². The van der Waals surface area contributed by atoms with Gasteiger partial charge in [0.1, 0.15) is 17.4 Å². The number of fused-ring (bicyclic) bond motifs is 4. The van der Waals surface area contributed by atoms with Gasteiger partial charge < -0.3 is 26.0 Å². The van der Waals surface area contributed by atoms with Crippen molar-refractivity contribution in [1.29, 1.82) is 0 Å². The number of rotatable bonds is 7. The molecule has 1 aromatic carbocycles. The first-order valence-electron chi connectivity index (χ1n) is 13.0. The summed E-state index contributed by atoms with van der Waals surface area (Å²) in [6.45, 7) is 5.96. The topological polar surface area (TPSA) is 118 Å². The van der Waals surface area contributed by atoms with E-state index in [0.29, 0.717) is 46.7 Å². The van der Waals surface area contributed by atoms with E-state index in [1.807, 2.05) is 12.1 Å². The Morgan fingerprint density at radius 3 is 2.67 bits per heavy atom. The van der Waals surface area contributed by atoms with E-state index in [2.05, 4.69) is 37.6 Å². The zero-order valence-electron chi connectivity index (χ0n) is 20.4. The van der Waals surface area contributed by atoms with Gasteiger partial charge in [-0.2, -0.15) is 0 Å². The number of amides is 1. The van der Waals surface area contributed by atoms with Gasteiger partial charge in [-0.1, -0.05) is 24.3 Å². The number of carbonyl (C=O) groups is 1. The minimum Gasteiger partial charge on any atom is -0.372 e. The lowest BCUT2D eigenvalue weighted by molar-refractivity contribution is -0.0765. The summed E-state index contributed by atoms with van der Waals surface area (Å²) in [6.07, 6.45) is 6.43. The Hall–Kier alpha value is -3.14. The van der Waals surface area contributed by atoms with E-state index in [4.69, 9.17) is 15.5 Å². The normalized spacial score (nSPS) is 25.7. The van der Waals surface area contributed by atoms with E-state index in [1.54, 1.807) is 6.07 Å². The van der Waals surface area contributed by atoms with Crippen LogP contribution in [0.5, 0.6) is 0 Å². The van der Waals surface area contributed by atoms with Gasteiger partial charge in [0.05, 0.1) is 24.0 Å². The second kappa shape index (κ2) is 10.1. The molecule has 6 heterocycles. The molecule has 4 aliphatic rings. The van der Waals surface area contributed by atoms with E-state index in [9.17, 15) is 4.79 Å². The highest BCUT2D eigenvalue weighted by Gasteiger charge is 2.34. The molecule has 188 valence electrons. The minimum absolute atomic E-state index is 0.245. The maximum atomic E-state index is 12.3. The smallest absolute Gasteiger partial charge is 0.251 e. The molecule has 4 N–H and O–H groups in total. The Morgan fingerprint density at radius 1 is 1.14 bits per heavy atom. The van der Waals surface area contributed by atoms with Gasteiger partial charge >= 0.3 is 0 Å². The monoisotopic (exact) mass is 487 g/mol. The number of nitrogens with two attached hydrogens (primary N) is 1. The number of carbonyl (C=O) groups excluding carboxylic acids is 1. The molecule has 0 saturated carbocycles. The Labute approximate surface area is 210 Å². The maximum absolute atomic E-state index is 12.3. The van der Waals surface area contributed by atoms with Crippen molar-refractivity contribution in [2.45, 2.75) is 44.4 Å². The summed E-state index contributed by atoms with van der Waals surface area (Å²) in [6, 6.07) is 10.2. The lowest BCUT2D eigenvalue weighted by Gasteiger charge is -2.44. The van der Waals surface area contributed by atoms with Crippen LogP contribution in [0.4, 0.5) is 5.82 Å². The summed E-state index contributed by atoms with van der Waals surface area (Å²) in [7, 11) is 0. The van der Waals surface area contributed by atoms with E-state index < -0.39 is 5.91 Å². The molecule has 0 aliphatic carbocycles. The molecule has 9 nitrogen and oxygen atoms in total. The van der Waals surface area contributed by atoms with E-state index in [0.717, 1.165) is 43.6 Å². The van der Waals surface area contributed by atoms with Crippen molar-refractivity contribution in [2.75, 3.05) is 38.0 Å². The number of ether oxygens (including phenoxy) is 1. The molecule has 4 saturated heterocycles. The zero-order chi connectivity index (χ0) is 24.5. The molecule has 3 aromatic rings. The van der Waals surface area contributed by atoms with Gasteiger partial charge in [0, 0.05) is 24.7 Å². The standard InChI is InChI=1S/C27H33N7O2/c28-26(35)21-12-22(33-25-24(21)30-16-31-27(25)32-20-2-1-9-29-13-20)18-5-3-17(4-6-18)15-36-23-14-34-10-7-19(23)8-11-34/h3-6,12,16,19-20,23,29H,1-2,7-11,13-15H2,(H2,28,35)(H,30,31,32)/t20-,23?/m0/s1. The Kier molecular flexibility index (Phi) is 6.52. The fourth-order valence-corrected chi connectivity index (χ4v) is 5.72. The second-order valence-electron chi connectivity index (χ2n) is 10.2. The van der Waals surface area contributed by atoms with Crippen molar-refractivity contribution in [2.24, 2.45) is 11.7 Å². The Bertz CT molecular complexity index is 1230. The number of benzene rings is 1. The molecule has 0 radical (unpaired) electrons. The van der Waals surface area contributed by atoms with Crippen LogP contribution in [-0.2, 0) is 11.3 Å². The summed E-state index contributed by atoms with van der Waals surface area (Å²) in [5, 5.41) is 6.89. The van der Waals surface area contributed by atoms with Crippen LogP contribution in [0.1, 0.15) is 41.6 Å². The highest BCUT2D eigenvalue weighted by atomic mass is 16.5. The fraction of sp³-hybridized carbons (Fsp3) is 0.481. The Balaban J connectivity index is 1.24. The van der Waals surface area contributed by atoms with Crippen molar-refractivity contribution in [3.63, 3.8) is 0 Å². The van der Waals surface area contributed by atoms with Gasteiger partial charge in [-0.3, -0.25) is 4.79 Å². The van der Waals surface area contributed by atoms with Crippen LogP contribution < -0.4 is 16.4 Å². The zero-order valence-corrected chi connectivity index (χ0v) is 20.4. The first kappa shape index (κ1) is 23.3. The summed E-state index contributed by atoms with van der Waals surface area (Å²) in [5.41, 5.74) is 9.81. The quantitative estimate of drug-likeness (QED) is 0.465. The van der Waals surface area contributed by atoms with Crippen LogP contribution in [0, 0.1) is 5.92 Å². The molecular weight excluding hydrogens is 454 g/mol. The third-order valence-corrected chi connectivity index (χ3v) is 7.80.